The molecule has 9 heteroatoms. The first-order valence-corrected chi connectivity index (χ1v) is 12.9. The number of methoxy groups -OCH3 is 1. The van der Waals surface area contributed by atoms with Crippen LogP contribution in [0.3, 0.4) is 0 Å². The molecule has 1 aliphatic rings. The maximum Gasteiger partial charge on any atom is 0.406 e. The highest BCUT2D eigenvalue weighted by atomic mass is 35.5. The van der Waals surface area contributed by atoms with E-state index < -0.39 is 6.09 Å². The highest BCUT2D eigenvalue weighted by Gasteiger charge is 2.32. The average molecular weight is 511 g/mol. The summed E-state index contributed by atoms with van der Waals surface area (Å²) in [6.07, 6.45) is 3.07. The first-order valence-electron chi connectivity index (χ1n) is 12.5. The van der Waals surface area contributed by atoms with E-state index in [0.717, 1.165) is 44.3 Å². The van der Waals surface area contributed by atoms with Crippen LogP contribution in [0.25, 0.3) is 0 Å². The van der Waals surface area contributed by atoms with Crippen LogP contribution in [-0.2, 0) is 9.47 Å². The smallest absolute Gasteiger partial charge is 0.406 e. The molecule has 1 aromatic carbocycles. The molecule has 1 fully saturated rings. The number of ether oxygens (including phenoxy) is 2. The highest BCUT2D eigenvalue weighted by molar-refractivity contribution is 6.30. The summed E-state index contributed by atoms with van der Waals surface area (Å²) in [5.41, 5.74) is 1.19. The summed E-state index contributed by atoms with van der Waals surface area (Å²) < 4.78 is 10.9. The third-order valence-corrected chi connectivity index (χ3v) is 6.46. The molecular weight excluding hydrogens is 468 g/mol. The Morgan fingerprint density at radius 1 is 1.29 bits per heavy atom. The average Bonchev–Trinajstić information content (AvgIpc) is 2.82. The van der Waals surface area contributed by atoms with Crippen molar-refractivity contribution in [1.82, 2.24) is 20.9 Å². The monoisotopic (exact) mass is 510 g/mol. The van der Waals surface area contributed by atoms with Crippen LogP contribution < -0.4 is 16.0 Å². The lowest BCUT2D eigenvalue weighted by atomic mass is 9.88. The van der Waals surface area contributed by atoms with Gasteiger partial charge in [-0.1, -0.05) is 44.5 Å². The van der Waals surface area contributed by atoms with Crippen LogP contribution in [-0.4, -0.2) is 70.0 Å². The molecule has 0 bridgehead atoms. The number of likely N-dealkylation sites (N-methyl/N-ethyl adjacent to an activating group) is 1. The normalized spacial score (nSPS) is 18.0. The van der Waals surface area contributed by atoms with E-state index in [1.54, 1.807) is 0 Å². The first kappa shape index (κ1) is 29.2. The molecule has 0 unspecified atom stereocenters. The van der Waals surface area contributed by atoms with Gasteiger partial charge in [-0.05, 0) is 55.8 Å². The number of nitrogens with one attached hydrogen (secondary N) is 3. The molecule has 198 valence electrons. The van der Waals surface area contributed by atoms with Gasteiger partial charge in [-0.3, -0.25) is 0 Å². The van der Waals surface area contributed by atoms with Gasteiger partial charge in [-0.15, -0.1) is 0 Å². The second kappa shape index (κ2) is 14.5. The van der Waals surface area contributed by atoms with Crippen LogP contribution in [0.1, 0.15) is 58.1 Å². The summed E-state index contributed by atoms with van der Waals surface area (Å²) >= 11 is 6.27. The minimum Gasteiger partial charge on any atom is -0.453 e. The third-order valence-electron chi connectivity index (χ3n) is 6.23. The largest absolute Gasteiger partial charge is 0.453 e. The zero-order chi connectivity index (χ0) is 25.8. The molecule has 2 rings (SSSR count). The SMILES string of the molecule is CNC[C@H](CCC(C)(C)C)NC(=O)N1CCC[C@@H]([C@@H](OCCNC(=O)OC)c2cccc(Cl)c2)C1. The Morgan fingerprint density at radius 3 is 2.71 bits per heavy atom. The van der Waals surface area contributed by atoms with Gasteiger partial charge in [0.2, 0.25) is 0 Å². The van der Waals surface area contributed by atoms with Gasteiger partial charge in [-0.25, -0.2) is 9.59 Å². The molecule has 1 heterocycles. The van der Waals surface area contributed by atoms with E-state index >= 15 is 0 Å². The lowest BCUT2D eigenvalue weighted by Crippen LogP contribution is -2.51. The van der Waals surface area contributed by atoms with Gasteiger partial charge >= 0.3 is 12.1 Å². The maximum atomic E-state index is 13.2. The predicted molar refractivity (Wildman–Crippen MR) is 140 cm³/mol. The fourth-order valence-corrected chi connectivity index (χ4v) is 4.58. The molecule has 1 aliphatic heterocycles. The van der Waals surface area contributed by atoms with Gasteiger partial charge in [-0.2, -0.15) is 0 Å². The number of nitrogens with zero attached hydrogens (tertiary/aromatic N) is 1. The summed E-state index contributed by atoms with van der Waals surface area (Å²) in [5, 5.41) is 9.73. The predicted octanol–water partition coefficient (Wildman–Crippen LogP) is 4.59. The van der Waals surface area contributed by atoms with Crippen molar-refractivity contribution in [2.24, 2.45) is 11.3 Å². The molecule has 0 saturated carbocycles. The molecule has 8 nitrogen and oxygen atoms in total. The molecule has 3 atom stereocenters. The number of carbonyl (C=O) groups excluding carboxylic acids is 2. The highest BCUT2D eigenvalue weighted by Crippen LogP contribution is 2.34. The lowest BCUT2D eigenvalue weighted by Gasteiger charge is -2.38. The number of hydrogen-bond acceptors (Lipinski definition) is 5. The van der Waals surface area contributed by atoms with Crippen molar-refractivity contribution in [2.45, 2.75) is 58.6 Å². The number of piperidine rings is 1. The molecule has 3 N–H and O–H groups in total. The molecular formula is C26H43ClN4O4. The Kier molecular flexibility index (Phi) is 12.1. The topological polar surface area (TPSA) is 91.9 Å². The zero-order valence-electron chi connectivity index (χ0n) is 21.9. The Labute approximate surface area is 215 Å². The van der Waals surface area contributed by atoms with Crippen molar-refractivity contribution in [2.75, 3.05) is 46.9 Å². The Hall–Kier alpha value is -2.03. The molecule has 0 spiro atoms. The van der Waals surface area contributed by atoms with E-state index in [9.17, 15) is 9.59 Å². The summed E-state index contributed by atoms with van der Waals surface area (Å²) in [5.74, 6) is 0.114. The van der Waals surface area contributed by atoms with Crippen LogP contribution in [0.5, 0.6) is 0 Å². The van der Waals surface area contributed by atoms with Gasteiger partial charge in [0.25, 0.3) is 0 Å². The van der Waals surface area contributed by atoms with Crippen LogP contribution in [0.2, 0.25) is 5.02 Å². The van der Waals surface area contributed by atoms with Crippen molar-refractivity contribution in [3.63, 3.8) is 0 Å². The minimum absolute atomic E-state index is 0.0268. The van der Waals surface area contributed by atoms with Crippen LogP contribution >= 0.6 is 11.6 Å². The van der Waals surface area contributed by atoms with Crippen LogP contribution in [0, 0.1) is 11.3 Å². The first-order chi connectivity index (χ1) is 16.6. The Balaban J connectivity index is 2.05. The Morgan fingerprint density at radius 2 is 2.06 bits per heavy atom. The standard InChI is InChI=1S/C26H43ClN4O4/c1-26(2,3)12-11-22(17-28-4)30-24(32)31-14-7-9-20(18-31)23(19-8-6-10-21(27)16-19)35-15-13-29-25(33)34-5/h6,8,10,16,20,22-23,28H,7,9,11-15,17-18H2,1-5H3,(H,29,33)(H,30,32)/t20-,22+,23+/m1/s1. The van der Waals surface area contributed by atoms with E-state index in [1.807, 2.05) is 36.2 Å². The quantitative estimate of drug-likeness (QED) is 0.379. The third kappa shape index (κ3) is 10.6. The summed E-state index contributed by atoms with van der Waals surface area (Å²) in [6, 6.07) is 7.71. The second-order valence-electron chi connectivity index (χ2n) is 10.4. The fraction of sp³-hybridized carbons (Fsp3) is 0.692. The number of hydrogen-bond donors (Lipinski definition) is 3. The lowest BCUT2D eigenvalue weighted by molar-refractivity contribution is -0.00863. The van der Waals surface area contributed by atoms with Crippen molar-refractivity contribution in [3.8, 4) is 0 Å². The zero-order valence-corrected chi connectivity index (χ0v) is 22.6. The van der Waals surface area contributed by atoms with Crippen molar-refractivity contribution in [3.05, 3.63) is 34.9 Å². The van der Waals surface area contributed by atoms with Gasteiger partial charge in [0.15, 0.2) is 0 Å². The summed E-state index contributed by atoms with van der Waals surface area (Å²) in [6.45, 7) is 9.37. The number of rotatable bonds is 11. The van der Waals surface area contributed by atoms with Gasteiger partial charge in [0, 0.05) is 43.2 Å². The summed E-state index contributed by atoms with van der Waals surface area (Å²) in [4.78, 5) is 26.5. The van der Waals surface area contributed by atoms with Crippen LogP contribution in [0.4, 0.5) is 9.59 Å². The second-order valence-corrected chi connectivity index (χ2v) is 10.9. The number of halogens is 1. The number of alkyl carbamates (subject to hydrolysis) is 1. The molecule has 35 heavy (non-hydrogen) atoms. The fourth-order valence-electron chi connectivity index (χ4n) is 4.39. The van der Waals surface area contributed by atoms with Crippen LogP contribution in [0.15, 0.2) is 24.3 Å². The molecule has 0 radical (unpaired) electrons. The number of carbonyl (C=O) groups is 2. The molecule has 0 aromatic heterocycles. The number of benzene rings is 1. The van der Waals surface area contributed by atoms with Crippen molar-refractivity contribution in [1.29, 1.82) is 0 Å². The van der Waals surface area contributed by atoms with E-state index in [1.165, 1.54) is 7.11 Å². The number of likely N-dealkylation sites (tertiary alicyclic amines) is 1. The molecule has 3 amide bonds. The van der Waals surface area contributed by atoms with Gasteiger partial charge < -0.3 is 30.3 Å². The molecule has 1 aromatic rings. The minimum atomic E-state index is -0.490. The van der Waals surface area contributed by atoms with Crippen molar-refractivity contribution < 1.29 is 19.1 Å². The van der Waals surface area contributed by atoms with E-state index in [-0.39, 0.29) is 29.5 Å². The maximum absolute atomic E-state index is 13.2. The van der Waals surface area contributed by atoms with E-state index in [0.29, 0.717) is 24.7 Å². The number of amides is 3. The number of urea groups is 1. The van der Waals surface area contributed by atoms with Crippen molar-refractivity contribution >= 4 is 23.7 Å². The Bertz CT molecular complexity index is 802. The van der Waals surface area contributed by atoms with E-state index in [4.69, 9.17) is 16.3 Å². The van der Waals surface area contributed by atoms with E-state index in [2.05, 4.69) is 41.5 Å². The van der Waals surface area contributed by atoms with Gasteiger partial charge in [0.1, 0.15) is 0 Å². The van der Waals surface area contributed by atoms with Gasteiger partial charge in [0.05, 0.1) is 19.8 Å². The molecule has 0 aliphatic carbocycles. The summed E-state index contributed by atoms with van der Waals surface area (Å²) in [7, 11) is 3.24. The molecule has 1 saturated heterocycles.